The van der Waals surface area contributed by atoms with Crippen molar-refractivity contribution in [2.45, 2.75) is 65.1 Å². The minimum absolute atomic E-state index is 0.133. The Hall–Kier alpha value is -3.08. The van der Waals surface area contributed by atoms with Crippen LogP contribution >= 0.6 is 0 Å². The molecule has 1 aromatic heterocycles. The van der Waals surface area contributed by atoms with Gasteiger partial charge in [0.15, 0.2) is 0 Å². The van der Waals surface area contributed by atoms with Crippen LogP contribution in [-0.2, 0) is 9.31 Å². The van der Waals surface area contributed by atoms with E-state index in [1.165, 1.54) is 49.3 Å². The van der Waals surface area contributed by atoms with Gasteiger partial charge in [-0.15, -0.1) is 0 Å². The summed E-state index contributed by atoms with van der Waals surface area (Å²) in [6.45, 7) is 13.1. The van der Waals surface area contributed by atoms with Crippen LogP contribution in [0.2, 0.25) is 0 Å². The molecular formula is C33H34BNO2. The fraction of sp³-hybridized carbons (Fsp3) is 0.333. The normalized spacial score (nSPS) is 22.2. The van der Waals surface area contributed by atoms with Crippen molar-refractivity contribution < 1.29 is 9.31 Å². The van der Waals surface area contributed by atoms with Gasteiger partial charge in [-0.1, -0.05) is 68.5 Å². The molecule has 1 unspecified atom stereocenters. The van der Waals surface area contributed by atoms with Gasteiger partial charge in [0.2, 0.25) is 0 Å². The second kappa shape index (κ2) is 7.49. The zero-order chi connectivity index (χ0) is 25.7. The van der Waals surface area contributed by atoms with Gasteiger partial charge in [0.1, 0.15) is 0 Å². The first kappa shape index (κ1) is 23.1. The van der Waals surface area contributed by atoms with Crippen molar-refractivity contribution in [3.63, 3.8) is 0 Å². The Labute approximate surface area is 219 Å². The van der Waals surface area contributed by atoms with Gasteiger partial charge in [-0.3, -0.25) is 0 Å². The van der Waals surface area contributed by atoms with Gasteiger partial charge in [0.05, 0.1) is 11.2 Å². The maximum atomic E-state index is 6.37. The molecule has 0 spiro atoms. The fourth-order valence-corrected chi connectivity index (χ4v) is 6.42. The zero-order valence-corrected chi connectivity index (χ0v) is 22.6. The van der Waals surface area contributed by atoms with E-state index in [4.69, 9.17) is 9.31 Å². The summed E-state index contributed by atoms with van der Waals surface area (Å²) >= 11 is 0. The largest absolute Gasteiger partial charge is 0.494 e. The fourth-order valence-electron chi connectivity index (χ4n) is 6.42. The van der Waals surface area contributed by atoms with Crippen molar-refractivity contribution in [1.29, 1.82) is 0 Å². The molecule has 2 aliphatic carbocycles. The predicted molar refractivity (Wildman–Crippen MR) is 153 cm³/mol. The molecule has 4 aromatic rings. The van der Waals surface area contributed by atoms with Crippen molar-refractivity contribution >= 4 is 35.6 Å². The molecule has 1 fully saturated rings. The summed E-state index contributed by atoms with van der Waals surface area (Å²) in [6.07, 6.45) is 5.84. The van der Waals surface area contributed by atoms with E-state index >= 15 is 0 Å². The lowest BCUT2D eigenvalue weighted by Gasteiger charge is -2.32. The number of rotatable bonds is 2. The second-order valence-electron chi connectivity index (χ2n) is 12.8. The Kier molecular flexibility index (Phi) is 4.67. The summed E-state index contributed by atoms with van der Waals surface area (Å²) < 4.78 is 12.7. The molecule has 3 aliphatic rings. The molecule has 1 aliphatic heterocycles. The maximum absolute atomic E-state index is 6.37. The van der Waals surface area contributed by atoms with E-state index in [-0.39, 0.29) is 23.7 Å². The highest BCUT2D eigenvalue weighted by Gasteiger charge is 2.51. The highest BCUT2D eigenvalue weighted by Crippen LogP contribution is 2.43. The Balaban J connectivity index is 1.38. The van der Waals surface area contributed by atoms with Crippen LogP contribution in [0.1, 0.15) is 70.6 Å². The number of fused-ring (bicyclic) bond motifs is 6. The van der Waals surface area contributed by atoms with Crippen LogP contribution in [0.4, 0.5) is 0 Å². The minimum Gasteiger partial charge on any atom is -0.399 e. The van der Waals surface area contributed by atoms with Crippen LogP contribution in [0.3, 0.4) is 0 Å². The maximum Gasteiger partial charge on any atom is 0.494 e. The standard InChI is InChI=1S/C33H34BNO2/c1-31(2)18-27(20-10-8-7-9-11-20)30-26-17-25-22(15-28(26)35-29(30)19-31)14-21-12-13-23(16-24(21)25)34-36-32(3,4)33(5,6)37-34/h7-17,19,27,35H,18H2,1-6H3. The third kappa shape index (κ3) is 3.49. The van der Waals surface area contributed by atoms with Gasteiger partial charge in [-0.25, -0.2) is 0 Å². The Morgan fingerprint density at radius 1 is 0.838 bits per heavy atom. The molecule has 0 bridgehead atoms. The number of aromatic nitrogens is 1. The van der Waals surface area contributed by atoms with Crippen LogP contribution in [0.25, 0.3) is 34.2 Å². The van der Waals surface area contributed by atoms with Crippen molar-refractivity contribution in [1.82, 2.24) is 4.98 Å². The predicted octanol–water partition coefficient (Wildman–Crippen LogP) is 5.62. The average Bonchev–Trinajstić information content (AvgIpc) is 3.44. The smallest absolute Gasteiger partial charge is 0.399 e. The summed E-state index contributed by atoms with van der Waals surface area (Å²) in [5.41, 5.74) is 8.34. The van der Waals surface area contributed by atoms with Gasteiger partial charge in [0.25, 0.3) is 0 Å². The third-order valence-electron chi connectivity index (χ3n) is 9.06. The van der Waals surface area contributed by atoms with E-state index in [0.29, 0.717) is 5.92 Å². The van der Waals surface area contributed by atoms with Crippen LogP contribution in [0, 0.1) is 5.41 Å². The van der Waals surface area contributed by atoms with Gasteiger partial charge in [0, 0.05) is 22.2 Å². The van der Waals surface area contributed by atoms with E-state index < -0.39 is 0 Å². The number of hydrogen-bond acceptors (Lipinski definition) is 2. The van der Waals surface area contributed by atoms with E-state index in [0.717, 1.165) is 11.9 Å². The van der Waals surface area contributed by atoms with Crippen LogP contribution in [0.5, 0.6) is 0 Å². The van der Waals surface area contributed by atoms with Crippen LogP contribution in [-0.4, -0.2) is 23.3 Å². The highest BCUT2D eigenvalue weighted by molar-refractivity contribution is 6.62. The molecule has 2 heterocycles. The summed E-state index contributed by atoms with van der Waals surface area (Å²) in [4.78, 5) is 3.79. The van der Waals surface area contributed by atoms with Gasteiger partial charge < -0.3 is 14.3 Å². The summed E-state index contributed by atoms with van der Waals surface area (Å²) in [7, 11) is -0.359. The number of H-pyrrole nitrogens is 1. The zero-order valence-electron chi connectivity index (χ0n) is 22.6. The Morgan fingerprint density at radius 2 is 1.57 bits per heavy atom. The minimum atomic E-state index is -0.359. The lowest BCUT2D eigenvalue weighted by molar-refractivity contribution is 0.00578. The third-order valence-corrected chi connectivity index (χ3v) is 9.06. The molecule has 3 nitrogen and oxygen atoms in total. The molecular weight excluding hydrogens is 453 g/mol. The van der Waals surface area contributed by atoms with Gasteiger partial charge in [-0.05, 0) is 96.2 Å². The molecule has 1 atom stereocenters. The first-order chi connectivity index (χ1) is 17.5. The Bertz CT molecular complexity index is 1680. The van der Waals surface area contributed by atoms with Crippen LogP contribution in [0.15, 0.2) is 60.7 Å². The monoisotopic (exact) mass is 487 g/mol. The van der Waals surface area contributed by atoms with E-state index in [9.17, 15) is 0 Å². The number of hydrogen-bond donors (Lipinski definition) is 1. The molecule has 37 heavy (non-hydrogen) atoms. The second-order valence-corrected chi connectivity index (χ2v) is 12.8. The van der Waals surface area contributed by atoms with Gasteiger partial charge >= 0.3 is 7.12 Å². The van der Waals surface area contributed by atoms with E-state index in [1.54, 1.807) is 0 Å². The van der Waals surface area contributed by atoms with Gasteiger partial charge in [-0.2, -0.15) is 0 Å². The molecule has 4 heteroatoms. The van der Waals surface area contributed by atoms with E-state index in [2.05, 4.69) is 119 Å². The summed E-state index contributed by atoms with van der Waals surface area (Å²) in [6, 6.07) is 22.4. The SMILES string of the molecule is CC1(C)C=c2[nH]c3cc4c(cc3c2C(c2ccccc2)C1)-c1cc(B2OC(C)(C)C(C)(C)O2)ccc1C=4. The average molecular weight is 487 g/mol. The lowest BCUT2D eigenvalue weighted by atomic mass is 9.72. The number of aromatic amines is 1. The van der Waals surface area contributed by atoms with Crippen LogP contribution < -0.4 is 16.0 Å². The first-order valence-electron chi connectivity index (χ1n) is 13.5. The molecule has 0 radical (unpaired) electrons. The first-order valence-corrected chi connectivity index (χ1v) is 13.5. The molecule has 3 aromatic carbocycles. The molecule has 7 rings (SSSR count). The highest BCUT2D eigenvalue weighted by atomic mass is 16.7. The van der Waals surface area contributed by atoms with Crippen molar-refractivity contribution in [3.8, 4) is 11.1 Å². The molecule has 0 saturated carbocycles. The quantitative estimate of drug-likeness (QED) is 0.328. The lowest BCUT2D eigenvalue weighted by Crippen LogP contribution is -2.41. The molecule has 186 valence electrons. The van der Waals surface area contributed by atoms with E-state index in [1.807, 2.05) is 0 Å². The number of nitrogens with one attached hydrogen (secondary N) is 1. The molecule has 1 saturated heterocycles. The number of benzene rings is 3. The van der Waals surface area contributed by atoms with Crippen molar-refractivity contribution in [3.05, 3.63) is 87.9 Å². The molecule has 0 amide bonds. The Morgan fingerprint density at radius 3 is 2.30 bits per heavy atom. The summed E-state index contributed by atoms with van der Waals surface area (Å²) in [5.74, 6) is 0.365. The topological polar surface area (TPSA) is 34.2 Å². The van der Waals surface area contributed by atoms with Crippen molar-refractivity contribution in [2.75, 3.05) is 0 Å². The van der Waals surface area contributed by atoms with Crippen molar-refractivity contribution in [2.24, 2.45) is 5.41 Å². The molecule has 1 N–H and O–H groups in total. The summed E-state index contributed by atoms with van der Waals surface area (Å²) in [5, 5.41) is 3.87.